The van der Waals surface area contributed by atoms with Crippen molar-refractivity contribution in [2.24, 2.45) is 4.99 Å². The van der Waals surface area contributed by atoms with Crippen molar-refractivity contribution in [3.05, 3.63) is 57.9 Å². The van der Waals surface area contributed by atoms with E-state index in [4.69, 9.17) is 18.0 Å². The van der Waals surface area contributed by atoms with Crippen LogP contribution in [-0.2, 0) is 16.4 Å². The van der Waals surface area contributed by atoms with Crippen LogP contribution in [0.25, 0.3) is 10.2 Å². The third-order valence-electron chi connectivity index (χ3n) is 3.62. The Balaban J connectivity index is 2.08. The van der Waals surface area contributed by atoms with Gasteiger partial charge in [0.05, 0.1) is 21.7 Å². The normalized spacial score (nSPS) is 12.3. The van der Waals surface area contributed by atoms with Gasteiger partial charge in [-0.05, 0) is 42.5 Å². The highest BCUT2D eigenvalue weighted by atomic mass is 35.5. The molecule has 1 aromatic heterocycles. The second kappa shape index (κ2) is 7.08. The molecule has 0 aliphatic carbocycles. The summed E-state index contributed by atoms with van der Waals surface area (Å²) in [5.74, 6) is 2.07. The van der Waals surface area contributed by atoms with Gasteiger partial charge in [0.15, 0.2) is 14.6 Å². The van der Waals surface area contributed by atoms with Gasteiger partial charge >= 0.3 is 0 Å². The molecule has 0 bridgehead atoms. The van der Waals surface area contributed by atoms with E-state index in [2.05, 4.69) is 10.9 Å². The molecule has 132 valence electrons. The molecule has 1 amide bonds. The lowest BCUT2D eigenvalue weighted by molar-refractivity contribution is 0.0998. The number of carbonyl (C=O) groups excluding carboxylic acids is 1. The summed E-state index contributed by atoms with van der Waals surface area (Å²) in [5.41, 5.74) is 1.14. The summed E-state index contributed by atoms with van der Waals surface area (Å²) < 4.78 is 25.6. The average molecular weight is 405 g/mol. The highest BCUT2D eigenvalue weighted by molar-refractivity contribution is 7.90. The number of fused-ring (bicyclic) bond motifs is 1. The largest absolute Gasteiger partial charge is 0.305 e. The topological polar surface area (TPSA) is 68.5 Å². The Morgan fingerprint density at radius 1 is 1.27 bits per heavy atom. The van der Waals surface area contributed by atoms with Crippen molar-refractivity contribution in [1.29, 1.82) is 0 Å². The summed E-state index contributed by atoms with van der Waals surface area (Å²) in [6, 6.07) is 11.0. The van der Waals surface area contributed by atoms with E-state index < -0.39 is 15.7 Å². The average Bonchev–Trinajstić information content (AvgIpc) is 2.91. The lowest BCUT2D eigenvalue weighted by Crippen LogP contribution is -2.16. The van der Waals surface area contributed by atoms with Crippen LogP contribution < -0.4 is 4.80 Å². The Kier molecular flexibility index (Phi) is 5.01. The van der Waals surface area contributed by atoms with Gasteiger partial charge in [0.1, 0.15) is 0 Å². The molecule has 0 spiro atoms. The summed E-state index contributed by atoms with van der Waals surface area (Å²) in [7, 11) is -3.32. The van der Waals surface area contributed by atoms with Crippen molar-refractivity contribution in [2.75, 3.05) is 6.26 Å². The van der Waals surface area contributed by atoms with Gasteiger partial charge in [0.25, 0.3) is 5.91 Å². The number of rotatable bonds is 3. The number of benzene rings is 2. The van der Waals surface area contributed by atoms with Crippen LogP contribution in [0.1, 0.15) is 10.4 Å². The van der Waals surface area contributed by atoms with E-state index in [1.807, 2.05) is 6.07 Å². The molecule has 26 heavy (non-hydrogen) atoms. The van der Waals surface area contributed by atoms with Crippen LogP contribution in [0.3, 0.4) is 0 Å². The van der Waals surface area contributed by atoms with Gasteiger partial charge in [-0.3, -0.25) is 4.79 Å². The summed E-state index contributed by atoms with van der Waals surface area (Å²) in [6.45, 7) is 0.265. The Bertz CT molecular complexity index is 1210. The maximum atomic E-state index is 12.5. The Hall–Kier alpha value is -2.40. The minimum absolute atomic E-state index is 0.146. The molecule has 0 radical (unpaired) electrons. The minimum atomic E-state index is -3.32. The predicted octanol–water partition coefficient (Wildman–Crippen LogP) is 3.13. The molecule has 1 heterocycles. The highest BCUT2D eigenvalue weighted by Crippen LogP contribution is 2.22. The fourth-order valence-corrected chi connectivity index (χ4v) is 4.31. The maximum absolute atomic E-state index is 12.5. The third kappa shape index (κ3) is 3.73. The first-order chi connectivity index (χ1) is 12.3. The number of thiazole rings is 1. The molecule has 0 fully saturated rings. The zero-order valence-corrected chi connectivity index (χ0v) is 16.0. The monoisotopic (exact) mass is 404 g/mol. The number of hydrogen-bond donors (Lipinski definition) is 0. The summed E-state index contributed by atoms with van der Waals surface area (Å²) in [4.78, 5) is 17.2. The lowest BCUT2D eigenvalue weighted by Gasteiger charge is -2.01. The van der Waals surface area contributed by atoms with Crippen molar-refractivity contribution < 1.29 is 13.2 Å². The van der Waals surface area contributed by atoms with Gasteiger partial charge in [0, 0.05) is 16.8 Å². The first kappa shape index (κ1) is 18.4. The first-order valence-electron chi connectivity index (χ1n) is 7.41. The summed E-state index contributed by atoms with van der Waals surface area (Å²) >= 11 is 7.33. The molecule has 5 nitrogen and oxygen atoms in total. The van der Waals surface area contributed by atoms with E-state index in [-0.39, 0.29) is 11.4 Å². The van der Waals surface area contributed by atoms with Gasteiger partial charge in [-0.25, -0.2) is 8.42 Å². The van der Waals surface area contributed by atoms with Crippen molar-refractivity contribution in [2.45, 2.75) is 11.4 Å². The van der Waals surface area contributed by atoms with Crippen LogP contribution in [0.2, 0.25) is 5.02 Å². The number of nitrogens with zero attached hydrogens (tertiary/aromatic N) is 2. The highest BCUT2D eigenvalue weighted by Gasteiger charge is 2.11. The molecule has 0 N–H and O–H groups in total. The SMILES string of the molecule is C#CCn1c(=NC(=O)c2ccc(S(C)(=O)=O)cc2)sc2cc(Cl)ccc21. The Morgan fingerprint density at radius 3 is 2.58 bits per heavy atom. The number of halogens is 1. The number of carbonyl (C=O) groups is 1. The smallest absolute Gasteiger partial charge is 0.279 e. The molecule has 0 atom stereocenters. The number of amides is 1. The second-order valence-corrected chi connectivity index (χ2v) is 8.96. The van der Waals surface area contributed by atoms with Gasteiger partial charge in [-0.2, -0.15) is 4.99 Å². The van der Waals surface area contributed by atoms with Crippen LogP contribution in [0.4, 0.5) is 0 Å². The Labute approximate surface area is 159 Å². The number of aromatic nitrogens is 1. The van der Waals surface area contributed by atoms with Crippen molar-refractivity contribution in [1.82, 2.24) is 4.57 Å². The van der Waals surface area contributed by atoms with E-state index in [1.54, 1.807) is 16.7 Å². The number of hydrogen-bond acceptors (Lipinski definition) is 4. The molecular weight excluding hydrogens is 392 g/mol. The fourth-order valence-electron chi connectivity index (χ4n) is 2.37. The maximum Gasteiger partial charge on any atom is 0.279 e. The van der Waals surface area contributed by atoms with Crippen LogP contribution in [0, 0.1) is 12.3 Å². The third-order valence-corrected chi connectivity index (χ3v) is 6.03. The van der Waals surface area contributed by atoms with Gasteiger partial charge in [-0.15, -0.1) is 6.42 Å². The molecule has 3 rings (SSSR count). The zero-order valence-electron chi connectivity index (χ0n) is 13.6. The predicted molar refractivity (Wildman–Crippen MR) is 103 cm³/mol. The van der Waals surface area contributed by atoms with Crippen molar-refractivity contribution >= 4 is 48.9 Å². The van der Waals surface area contributed by atoms with Crippen LogP contribution in [-0.4, -0.2) is 25.1 Å². The summed E-state index contributed by atoms with van der Waals surface area (Å²) in [6.07, 6.45) is 6.54. The van der Waals surface area contributed by atoms with Crippen molar-refractivity contribution in [3.63, 3.8) is 0 Å². The first-order valence-corrected chi connectivity index (χ1v) is 10.5. The molecule has 0 aliphatic rings. The standard InChI is InChI=1S/C18H13ClN2O3S2/c1-3-10-21-15-9-6-13(19)11-16(15)25-18(21)20-17(22)12-4-7-14(8-5-12)26(2,23)24/h1,4-9,11H,10H2,2H3. The fraction of sp³-hybridized carbons (Fsp3) is 0.111. The lowest BCUT2D eigenvalue weighted by atomic mass is 10.2. The number of terminal acetylenes is 1. The molecule has 0 aliphatic heterocycles. The van der Waals surface area contributed by atoms with Crippen LogP contribution >= 0.6 is 22.9 Å². The minimum Gasteiger partial charge on any atom is -0.305 e. The summed E-state index contributed by atoms with van der Waals surface area (Å²) in [5, 5.41) is 0.584. The number of sulfone groups is 1. The molecule has 8 heteroatoms. The molecule has 2 aromatic carbocycles. The zero-order chi connectivity index (χ0) is 18.9. The van der Waals surface area contributed by atoms with Gasteiger partial charge in [0.2, 0.25) is 0 Å². The van der Waals surface area contributed by atoms with Crippen molar-refractivity contribution in [3.8, 4) is 12.3 Å². The molecule has 0 unspecified atom stereocenters. The van der Waals surface area contributed by atoms with Crippen LogP contribution in [0.5, 0.6) is 0 Å². The van der Waals surface area contributed by atoms with E-state index >= 15 is 0 Å². The van der Waals surface area contributed by atoms with Gasteiger partial charge in [-0.1, -0.05) is 28.9 Å². The Morgan fingerprint density at radius 2 is 1.96 bits per heavy atom. The molecule has 0 saturated carbocycles. The second-order valence-electron chi connectivity index (χ2n) is 5.50. The van der Waals surface area contributed by atoms with E-state index in [0.29, 0.717) is 15.4 Å². The van der Waals surface area contributed by atoms with E-state index in [0.717, 1.165) is 16.5 Å². The van der Waals surface area contributed by atoms with E-state index in [9.17, 15) is 13.2 Å². The van der Waals surface area contributed by atoms with Crippen LogP contribution in [0.15, 0.2) is 52.4 Å². The quantitative estimate of drug-likeness (QED) is 0.630. The molecular formula is C18H13ClN2O3S2. The molecule has 3 aromatic rings. The molecule has 0 saturated heterocycles. The van der Waals surface area contributed by atoms with Gasteiger partial charge < -0.3 is 4.57 Å². The van der Waals surface area contributed by atoms with E-state index in [1.165, 1.54) is 35.6 Å².